The Bertz CT molecular complexity index is 780. The lowest BCUT2D eigenvalue weighted by Crippen LogP contribution is -1.95. The molecule has 0 amide bonds. The van der Waals surface area contributed by atoms with Gasteiger partial charge in [0.15, 0.2) is 5.78 Å². The average molecular weight is 288 g/mol. The van der Waals surface area contributed by atoms with Gasteiger partial charge in [0.2, 0.25) is 0 Å². The number of hydrogen-bond donors (Lipinski definition) is 1. The number of benzene rings is 2. The SMILES string of the molecule is CC(=O)c1ccc(-c2cnccc2Nc2ccccc2)cc1. The fourth-order valence-electron chi connectivity index (χ4n) is 2.29. The number of carbonyl (C=O) groups is 1. The predicted molar refractivity (Wildman–Crippen MR) is 89.4 cm³/mol. The van der Waals surface area contributed by atoms with Crippen LogP contribution in [0.2, 0.25) is 0 Å². The molecule has 1 N–H and O–H groups in total. The highest BCUT2D eigenvalue weighted by Gasteiger charge is 2.06. The molecule has 0 fully saturated rings. The molecular weight excluding hydrogens is 272 g/mol. The molecule has 0 bridgehead atoms. The Balaban J connectivity index is 1.95. The lowest BCUT2D eigenvalue weighted by atomic mass is 10.0. The van der Waals surface area contributed by atoms with Crippen molar-refractivity contribution < 1.29 is 4.79 Å². The van der Waals surface area contributed by atoms with Crippen molar-refractivity contribution in [3.05, 3.63) is 78.6 Å². The molecule has 0 aliphatic rings. The minimum absolute atomic E-state index is 0.0698. The number of ketones is 1. The maximum atomic E-state index is 11.4. The van der Waals surface area contributed by atoms with Crippen LogP contribution in [0.15, 0.2) is 73.1 Å². The summed E-state index contributed by atoms with van der Waals surface area (Å²) < 4.78 is 0. The molecule has 2 aromatic carbocycles. The number of anilines is 2. The van der Waals surface area contributed by atoms with E-state index in [0.717, 1.165) is 22.5 Å². The normalized spacial score (nSPS) is 10.2. The molecule has 3 aromatic rings. The van der Waals surface area contributed by atoms with Crippen LogP contribution in [0.5, 0.6) is 0 Å². The second kappa shape index (κ2) is 6.22. The number of nitrogens with zero attached hydrogens (tertiary/aromatic N) is 1. The van der Waals surface area contributed by atoms with Gasteiger partial charge in [0.25, 0.3) is 0 Å². The van der Waals surface area contributed by atoms with Gasteiger partial charge < -0.3 is 5.32 Å². The number of Topliss-reactive ketones (excluding diaryl/α,β-unsaturated/α-hetero) is 1. The molecule has 0 spiro atoms. The maximum absolute atomic E-state index is 11.4. The number of carbonyl (C=O) groups excluding carboxylic acids is 1. The van der Waals surface area contributed by atoms with Gasteiger partial charge in [-0.15, -0.1) is 0 Å². The highest BCUT2D eigenvalue weighted by molar-refractivity contribution is 5.94. The minimum atomic E-state index is 0.0698. The molecule has 22 heavy (non-hydrogen) atoms. The summed E-state index contributed by atoms with van der Waals surface area (Å²) in [6.07, 6.45) is 3.59. The smallest absolute Gasteiger partial charge is 0.159 e. The van der Waals surface area contributed by atoms with Crippen molar-refractivity contribution in [2.24, 2.45) is 0 Å². The van der Waals surface area contributed by atoms with Gasteiger partial charge in [0.05, 0.1) is 0 Å². The Labute approximate surface area is 129 Å². The van der Waals surface area contributed by atoms with Crippen molar-refractivity contribution in [2.45, 2.75) is 6.92 Å². The first-order valence-electron chi connectivity index (χ1n) is 7.11. The van der Waals surface area contributed by atoms with E-state index in [2.05, 4.69) is 10.3 Å². The van der Waals surface area contributed by atoms with Gasteiger partial charge in [-0.2, -0.15) is 0 Å². The summed E-state index contributed by atoms with van der Waals surface area (Å²) in [5.41, 5.74) is 4.75. The van der Waals surface area contributed by atoms with Gasteiger partial charge in [0.1, 0.15) is 0 Å². The number of nitrogens with one attached hydrogen (secondary N) is 1. The zero-order valence-corrected chi connectivity index (χ0v) is 12.3. The molecule has 1 heterocycles. The molecule has 0 saturated carbocycles. The third-order valence-electron chi connectivity index (χ3n) is 3.48. The Hall–Kier alpha value is -2.94. The van der Waals surface area contributed by atoms with E-state index in [-0.39, 0.29) is 5.78 Å². The Morgan fingerprint density at radius 1 is 0.955 bits per heavy atom. The van der Waals surface area contributed by atoms with E-state index in [9.17, 15) is 4.79 Å². The van der Waals surface area contributed by atoms with Crippen LogP contribution in [0, 0.1) is 0 Å². The second-order valence-corrected chi connectivity index (χ2v) is 5.05. The van der Waals surface area contributed by atoms with Crippen molar-refractivity contribution in [1.82, 2.24) is 4.98 Å². The summed E-state index contributed by atoms with van der Waals surface area (Å²) in [4.78, 5) is 15.6. The maximum Gasteiger partial charge on any atom is 0.159 e. The zero-order chi connectivity index (χ0) is 15.4. The monoisotopic (exact) mass is 288 g/mol. The first-order chi connectivity index (χ1) is 10.7. The van der Waals surface area contributed by atoms with Crippen molar-refractivity contribution in [3.8, 4) is 11.1 Å². The van der Waals surface area contributed by atoms with E-state index in [1.54, 1.807) is 13.1 Å². The van der Waals surface area contributed by atoms with E-state index in [0.29, 0.717) is 5.56 Å². The molecule has 0 aliphatic carbocycles. The minimum Gasteiger partial charge on any atom is -0.355 e. The first-order valence-corrected chi connectivity index (χ1v) is 7.11. The van der Waals surface area contributed by atoms with Crippen LogP contribution in [-0.2, 0) is 0 Å². The number of rotatable bonds is 4. The summed E-state index contributed by atoms with van der Waals surface area (Å²) in [5, 5.41) is 3.40. The highest BCUT2D eigenvalue weighted by atomic mass is 16.1. The van der Waals surface area contributed by atoms with E-state index < -0.39 is 0 Å². The van der Waals surface area contributed by atoms with Gasteiger partial charge in [-0.3, -0.25) is 9.78 Å². The second-order valence-electron chi connectivity index (χ2n) is 5.05. The topological polar surface area (TPSA) is 42.0 Å². The van der Waals surface area contributed by atoms with Crippen molar-refractivity contribution in [1.29, 1.82) is 0 Å². The molecule has 0 atom stereocenters. The van der Waals surface area contributed by atoms with E-state index in [1.807, 2.05) is 66.9 Å². The van der Waals surface area contributed by atoms with E-state index >= 15 is 0 Å². The number of pyridine rings is 1. The zero-order valence-electron chi connectivity index (χ0n) is 12.3. The molecule has 3 rings (SSSR count). The van der Waals surface area contributed by atoms with Gasteiger partial charge in [0, 0.05) is 34.9 Å². The van der Waals surface area contributed by atoms with Crippen molar-refractivity contribution >= 4 is 17.2 Å². The summed E-state index contributed by atoms with van der Waals surface area (Å²) in [7, 11) is 0. The molecule has 0 aliphatic heterocycles. The molecule has 1 aromatic heterocycles. The van der Waals surface area contributed by atoms with Crippen LogP contribution in [-0.4, -0.2) is 10.8 Å². The quantitative estimate of drug-likeness (QED) is 0.708. The lowest BCUT2D eigenvalue weighted by Gasteiger charge is -2.12. The summed E-state index contributed by atoms with van der Waals surface area (Å²) in [6.45, 7) is 1.57. The molecule has 0 saturated heterocycles. The van der Waals surface area contributed by atoms with Crippen LogP contribution in [0.4, 0.5) is 11.4 Å². The summed E-state index contributed by atoms with van der Waals surface area (Å²) in [6, 6.07) is 19.5. The van der Waals surface area contributed by atoms with Crippen molar-refractivity contribution in [3.63, 3.8) is 0 Å². The fourth-order valence-corrected chi connectivity index (χ4v) is 2.29. The van der Waals surface area contributed by atoms with Crippen LogP contribution < -0.4 is 5.32 Å². The Morgan fingerprint density at radius 2 is 1.68 bits per heavy atom. The Kier molecular flexibility index (Phi) is 3.97. The predicted octanol–water partition coefficient (Wildman–Crippen LogP) is 4.69. The van der Waals surface area contributed by atoms with Crippen LogP contribution in [0.1, 0.15) is 17.3 Å². The van der Waals surface area contributed by atoms with Gasteiger partial charge in [-0.25, -0.2) is 0 Å². The molecule has 0 radical (unpaired) electrons. The number of para-hydroxylation sites is 1. The Morgan fingerprint density at radius 3 is 2.36 bits per heavy atom. The summed E-state index contributed by atoms with van der Waals surface area (Å²) in [5.74, 6) is 0.0698. The third kappa shape index (κ3) is 3.04. The first kappa shape index (κ1) is 14.0. The van der Waals surface area contributed by atoms with Crippen LogP contribution in [0.25, 0.3) is 11.1 Å². The molecule has 3 heteroatoms. The molecule has 3 nitrogen and oxygen atoms in total. The van der Waals surface area contributed by atoms with Crippen LogP contribution >= 0.6 is 0 Å². The largest absolute Gasteiger partial charge is 0.355 e. The lowest BCUT2D eigenvalue weighted by molar-refractivity contribution is 0.101. The van der Waals surface area contributed by atoms with Gasteiger partial charge in [-0.05, 0) is 30.7 Å². The summed E-state index contributed by atoms with van der Waals surface area (Å²) >= 11 is 0. The molecular formula is C19H16N2O. The number of hydrogen-bond acceptors (Lipinski definition) is 3. The van der Waals surface area contributed by atoms with Gasteiger partial charge >= 0.3 is 0 Å². The third-order valence-corrected chi connectivity index (χ3v) is 3.48. The molecule has 0 unspecified atom stereocenters. The van der Waals surface area contributed by atoms with E-state index in [4.69, 9.17) is 0 Å². The molecule has 108 valence electrons. The standard InChI is InChI=1S/C19H16N2O/c1-14(22)15-7-9-16(10-8-15)18-13-20-12-11-19(18)21-17-5-3-2-4-6-17/h2-13H,1H3,(H,20,21). The number of aromatic nitrogens is 1. The fraction of sp³-hybridized carbons (Fsp3) is 0.0526. The van der Waals surface area contributed by atoms with E-state index in [1.165, 1.54) is 0 Å². The highest BCUT2D eigenvalue weighted by Crippen LogP contribution is 2.29. The van der Waals surface area contributed by atoms with Crippen LogP contribution in [0.3, 0.4) is 0 Å². The van der Waals surface area contributed by atoms with Crippen molar-refractivity contribution in [2.75, 3.05) is 5.32 Å². The van der Waals surface area contributed by atoms with Gasteiger partial charge in [-0.1, -0.05) is 42.5 Å². The average Bonchev–Trinajstić information content (AvgIpc) is 2.56.